The van der Waals surface area contributed by atoms with Crippen LogP contribution in [0.5, 0.6) is 0 Å². The number of epoxide rings is 1. The van der Waals surface area contributed by atoms with Crippen molar-refractivity contribution in [2.24, 2.45) is 0 Å². The molecule has 0 aromatic carbocycles. The van der Waals surface area contributed by atoms with Gasteiger partial charge in [-0.3, -0.25) is 4.74 Å². The Kier molecular flexibility index (Phi) is 1.24. The third kappa shape index (κ3) is 0.784. The van der Waals surface area contributed by atoms with Gasteiger partial charge in [0, 0.05) is 0 Å². The van der Waals surface area contributed by atoms with Crippen molar-refractivity contribution in [3.05, 3.63) is 0 Å². The van der Waals surface area contributed by atoms with Gasteiger partial charge in [0.05, 0.1) is 0 Å². The molecule has 0 aromatic rings. The van der Waals surface area contributed by atoms with E-state index in [1.807, 2.05) is 0 Å². The van der Waals surface area contributed by atoms with Crippen LogP contribution in [0.15, 0.2) is 0 Å². The topological polar surface area (TPSA) is 12.5 Å². The van der Waals surface area contributed by atoms with E-state index in [1.54, 1.807) is 0 Å². The molecule has 0 aromatic heterocycles. The van der Waals surface area contributed by atoms with E-state index in [2.05, 4.69) is 16.3 Å². The van der Waals surface area contributed by atoms with Gasteiger partial charge < -0.3 is 0 Å². The van der Waals surface area contributed by atoms with Gasteiger partial charge in [0.1, 0.15) is 0 Å². The lowest BCUT2D eigenvalue weighted by Crippen LogP contribution is -2.31. The van der Waals surface area contributed by atoms with Crippen molar-refractivity contribution in [2.45, 2.75) is 17.3 Å². The van der Waals surface area contributed by atoms with Crippen LogP contribution >= 0.6 is 11.6 Å². The Bertz CT molecular complexity index is 165. The molecule has 7 heteroatoms. The molecule has 0 spiro atoms. The number of hydrogen-bond donors (Lipinski definition) is 0. The molecule has 0 radical (unpaired) electrons. The lowest BCUT2D eigenvalue weighted by atomic mass is 10.4. The summed E-state index contributed by atoms with van der Waals surface area (Å²) < 4.78 is 60.9. The SMILES string of the molecule is FC(F)(Cl)C1(F)OC1(F)F. The van der Waals surface area contributed by atoms with E-state index in [4.69, 9.17) is 0 Å². The lowest BCUT2D eigenvalue weighted by Gasteiger charge is -2.06. The minimum atomic E-state index is -4.68. The van der Waals surface area contributed by atoms with Crippen molar-refractivity contribution in [3.8, 4) is 0 Å². The smallest absolute Gasteiger partial charge is 0.264 e. The van der Waals surface area contributed by atoms with Crippen LogP contribution in [-0.4, -0.2) is 17.3 Å². The summed E-state index contributed by atoms with van der Waals surface area (Å²) in [7, 11) is 0. The zero-order chi connectivity index (χ0) is 8.21. The van der Waals surface area contributed by atoms with Crippen LogP contribution in [0.3, 0.4) is 0 Å². The predicted octanol–water partition coefficient (Wildman–Crippen LogP) is 2.11. The van der Waals surface area contributed by atoms with Crippen LogP contribution in [0.2, 0.25) is 0 Å². The second kappa shape index (κ2) is 1.55. The fourth-order valence-electron chi connectivity index (χ4n) is 0.374. The molecule has 1 heterocycles. The van der Waals surface area contributed by atoms with E-state index in [0.717, 1.165) is 0 Å². The molecule has 1 nitrogen and oxygen atoms in total. The van der Waals surface area contributed by atoms with Crippen molar-refractivity contribution >= 4 is 11.6 Å². The molecule has 1 aliphatic rings. The number of ether oxygens (including phenoxy) is 1. The van der Waals surface area contributed by atoms with Crippen molar-refractivity contribution in [1.29, 1.82) is 0 Å². The maximum absolute atomic E-state index is 11.9. The molecule has 1 rings (SSSR count). The number of alkyl halides is 6. The second-order valence-electron chi connectivity index (χ2n) is 1.71. The minimum absolute atomic E-state index is 2.77. The van der Waals surface area contributed by atoms with Gasteiger partial charge in [0.15, 0.2) is 0 Å². The van der Waals surface area contributed by atoms with Crippen LogP contribution < -0.4 is 0 Å². The van der Waals surface area contributed by atoms with Gasteiger partial charge in [-0.05, 0) is 11.6 Å². The van der Waals surface area contributed by atoms with Crippen LogP contribution in [0.25, 0.3) is 0 Å². The fraction of sp³-hybridized carbons (Fsp3) is 1.00. The van der Waals surface area contributed by atoms with Gasteiger partial charge in [-0.1, -0.05) is 0 Å². The van der Waals surface area contributed by atoms with E-state index >= 15 is 0 Å². The van der Waals surface area contributed by atoms with Crippen LogP contribution in [0.1, 0.15) is 0 Å². The summed E-state index contributed by atoms with van der Waals surface area (Å²) in [5, 5.41) is -4.68. The minimum Gasteiger partial charge on any atom is -0.264 e. The van der Waals surface area contributed by atoms with E-state index in [1.165, 1.54) is 0 Å². The monoisotopic (exact) mass is 182 g/mol. The van der Waals surface area contributed by atoms with Crippen molar-refractivity contribution in [3.63, 3.8) is 0 Å². The highest BCUT2D eigenvalue weighted by Crippen LogP contribution is 2.61. The van der Waals surface area contributed by atoms with Gasteiger partial charge in [0.2, 0.25) is 0 Å². The standard InChI is InChI=1S/C3ClF5O/c4-2(6,7)1(5)3(8,9)10-1. The highest BCUT2D eigenvalue weighted by Gasteiger charge is 2.88. The molecule has 60 valence electrons. The summed E-state index contributed by atoms with van der Waals surface area (Å²) in [5.74, 6) is -4.32. The third-order valence-electron chi connectivity index (χ3n) is 0.966. The van der Waals surface area contributed by atoms with Gasteiger partial charge in [-0.25, -0.2) is 0 Å². The zero-order valence-electron chi connectivity index (χ0n) is 4.18. The number of rotatable bonds is 1. The Labute approximate surface area is 56.7 Å². The Morgan fingerprint density at radius 1 is 1.20 bits per heavy atom. The molecule has 0 saturated carbocycles. The zero-order valence-corrected chi connectivity index (χ0v) is 4.93. The summed E-state index contributed by atoms with van der Waals surface area (Å²) >= 11 is 3.94. The molecule has 1 unspecified atom stereocenters. The Morgan fingerprint density at radius 2 is 1.50 bits per heavy atom. The molecule has 0 N–H and O–H groups in total. The van der Waals surface area contributed by atoms with Gasteiger partial charge in [0.25, 0.3) is 0 Å². The largest absolute Gasteiger partial charge is 0.425 e. The van der Waals surface area contributed by atoms with Crippen molar-refractivity contribution < 1.29 is 26.7 Å². The maximum atomic E-state index is 11.9. The van der Waals surface area contributed by atoms with E-state index in [0.29, 0.717) is 0 Å². The average Bonchev–Trinajstić information content (AvgIpc) is 2.05. The lowest BCUT2D eigenvalue weighted by molar-refractivity contribution is -0.0801. The van der Waals surface area contributed by atoms with Crippen LogP contribution in [0, 0.1) is 0 Å². The maximum Gasteiger partial charge on any atom is 0.425 e. The molecule has 1 aliphatic heterocycles. The number of halogens is 6. The summed E-state index contributed by atoms with van der Waals surface area (Å²) in [5.41, 5.74) is 0. The molecule has 0 bridgehead atoms. The quantitative estimate of drug-likeness (QED) is 0.344. The summed E-state index contributed by atoms with van der Waals surface area (Å²) in [6, 6.07) is 0. The normalized spacial score (nSPS) is 37.8. The Hall–Kier alpha value is -0.100. The summed E-state index contributed by atoms with van der Waals surface area (Å²) in [6.45, 7) is 0. The first-order chi connectivity index (χ1) is 4.21. The first-order valence-electron chi connectivity index (χ1n) is 2.04. The van der Waals surface area contributed by atoms with Crippen molar-refractivity contribution in [2.75, 3.05) is 0 Å². The molecular formula is C3ClF5O. The van der Waals surface area contributed by atoms with E-state index in [9.17, 15) is 22.0 Å². The fourth-order valence-corrected chi connectivity index (χ4v) is 0.523. The van der Waals surface area contributed by atoms with Gasteiger partial charge >= 0.3 is 17.3 Å². The molecule has 0 amide bonds. The highest BCUT2D eigenvalue weighted by atomic mass is 35.5. The summed E-state index contributed by atoms with van der Waals surface area (Å²) in [6.07, 6.45) is -4.46. The molecule has 10 heavy (non-hydrogen) atoms. The molecule has 0 aliphatic carbocycles. The first-order valence-corrected chi connectivity index (χ1v) is 2.42. The second-order valence-corrected chi connectivity index (χ2v) is 2.19. The predicted molar refractivity (Wildman–Crippen MR) is 20.7 cm³/mol. The number of hydrogen-bond acceptors (Lipinski definition) is 1. The molecule has 1 fully saturated rings. The molecule has 1 atom stereocenters. The Balaban J connectivity index is 2.78. The molecule has 1 saturated heterocycles. The van der Waals surface area contributed by atoms with Crippen LogP contribution in [0.4, 0.5) is 22.0 Å². The third-order valence-corrected chi connectivity index (χ3v) is 1.21. The summed E-state index contributed by atoms with van der Waals surface area (Å²) in [4.78, 5) is 0. The van der Waals surface area contributed by atoms with Crippen LogP contribution in [-0.2, 0) is 4.74 Å². The van der Waals surface area contributed by atoms with Crippen molar-refractivity contribution in [1.82, 2.24) is 0 Å². The van der Waals surface area contributed by atoms with Gasteiger partial charge in [-0.15, -0.1) is 0 Å². The van der Waals surface area contributed by atoms with Gasteiger partial charge in [-0.2, -0.15) is 22.0 Å². The first kappa shape index (κ1) is 8.00. The van der Waals surface area contributed by atoms with E-state index in [-0.39, 0.29) is 0 Å². The Morgan fingerprint density at radius 3 is 1.50 bits per heavy atom. The average molecular weight is 182 g/mol. The molecular weight excluding hydrogens is 182 g/mol. The highest BCUT2D eigenvalue weighted by molar-refractivity contribution is 6.22. The van der Waals surface area contributed by atoms with E-state index < -0.39 is 17.3 Å².